The molecule has 0 aliphatic carbocycles. The van der Waals surface area contributed by atoms with Gasteiger partial charge in [-0.15, -0.1) is 5.10 Å². The first-order valence-electron chi connectivity index (χ1n) is 11.9. The van der Waals surface area contributed by atoms with Gasteiger partial charge in [0.1, 0.15) is 0 Å². The van der Waals surface area contributed by atoms with Crippen LogP contribution < -0.4 is 21.3 Å². The minimum Gasteiger partial charge on any atom is -0.465 e. The number of furan rings is 1. The Balaban J connectivity index is 1.23. The Morgan fingerprint density at radius 1 is 1.00 bits per heavy atom. The van der Waals surface area contributed by atoms with E-state index in [9.17, 15) is 14.4 Å². The topological polar surface area (TPSA) is 194 Å². The molecule has 0 radical (unpaired) electrons. The zero-order valence-electron chi connectivity index (χ0n) is 20.7. The lowest BCUT2D eigenvalue weighted by atomic mass is 10.1. The number of aryl methyl sites for hydroxylation is 1. The average molecular weight is 533 g/mol. The fourth-order valence-electron chi connectivity index (χ4n) is 3.82. The van der Waals surface area contributed by atoms with Crippen molar-refractivity contribution in [1.82, 2.24) is 40.0 Å². The molecule has 15 nitrogen and oxygen atoms in total. The van der Waals surface area contributed by atoms with Gasteiger partial charge in [-0.1, -0.05) is 12.1 Å². The van der Waals surface area contributed by atoms with E-state index in [-0.39, 0.29) is 24.8 Å². The zero-order valence-corrected chi connectivity index (χ0v) is 20.7. The van der Waals surface area contributed by atoms with Crippen molar-refractivity contribution >= 4 is 46.3 Å². The second-order valence-electron chi connectivity index (χ2n) is 8.51. The summed E-state index contributed by atoms with van der Waals surface area (Å²) in [5, 5.41) is 28.4. The second-order valence-corrected chi connectivity index (χ2v) is 8.51. The molecule has 0 saturated heterocycles. The molecule has 5 rings (SSSR count). The quantitative estimate of drug-likeness (QED) is 0.177. The molecular weight excluding hydrogens is 508 g/mol. The summed E-state index contributed by atoms with van der Waals surface area (Å²) in [4.78, 5) is 44.3. The molecule has 0 fully saturated rings. The van der Waals surface area contributed by atoms with Crippen molar-refractivity contribution in [3.8, 4) is 11.6 Å². The molecule has 5 aromatic rings. The molecule has 0 unspecified atom stereocenters. The Hall–Kier alpha value is -5.47. The highest BCUT2D eigenvalue weighted by molar-refractivity contribution is 6.00. The van der Waals surface area contributed by atoms with E-state index in [2.05, 4.69) is 41.4 Å². The highest BCUT2D eigenvalue weighted by Gasteiger charge is 2.19. The van der Waals surface area contributed by atoms with Crippen molar-refractivity contribution in [2.75, 3.05) is 23.7 Å². The summed E-state index contributed by atoms with van der Waals surface area (Å²) in [6, 6.07) is 9.70. The first-order chi connectivity index (χ1) is 18.9. The van der Waals surface area contributed by atoms with Crippen LogP contribution >= 0.6 is 0 Å². The van der Waals surface area contributed by atoms with Crippen molar-refractivity contribution in [2.24, 2.45) is 7.05 Å². The lowest BCUT2D eigenvalue weighted by molar-refractivity contribution is -0.120. The van der Waals surface area contributed by atoms with Crippen LogP contribution in [0.3, 0.4) is 0 Å². The predicted molar refractivity (Wildman–Crippen MR) is 139 cm³/mol. The van der Waals surface area contributed by atoms with Gasteiger partial charge in [-0.3, -0.25) is 14.8 Å². The van der Waals surface area contributed by atoms with E-state index in [1.165, 1.54) is 10.8 Å². The van der Waals surface area contributed by atoms with Crippen LogP contribution in [0.4, 0.5) is 21.2 Å². The molecule has 5 N–H and O–H groups in total. The normalized spacial score (nSPS) is 11.0. The van der Waals surface area contributed by atoms with Gasteiger partial charge in [0.2, 0.25) is 17.7 Å². The van der Waals surface area contributed by atoms with Crippen LogP contribution in [0.25, 0.3) is 28.3 Å². The number of benzene rings is 1. The lowest BCUT2D eigenvalue weighted by Gasteiger charge is -2.09. The molecule has 0 saturated carbocycles. The smallest absolute Gasteiger partial charge is 0.404 e. The molecular formula is C24H24N10O5. The molecule has 4 amide bonds. The Morgan fingerprint density at radius 2 is 1.79 bits per heavy atom. The van der Waals surface area contributed by atoms with Crippen molar-refractivity contribution in [2.45, 2.75) is 12.8 Å². The van der Waals surface area contributed by atoms with Gasteiger partial charge in [0.05, 0.1) is 18.1 Å². The van der Waals surface area contributed by atoms with Crippen molar-refractivity contribution < 1.29 is 23.9 Å². The van der Waals surface area contributed by atoms with E-state index in [0.29, 0.717) is 46.9 Å². The summed E-state index contributed by atoms with van der Waals surface area (Å²) in [6.07, 6.45) is 2.82. The molecule has 0 bridgehead atoms. The molecule has 1 aromatic carbocycles. The summed E-state index contributed by atoms with van der Waals surface area (Å²) in [5.41, 5.74) is 2.09. The Kier molecular flexibility index (Phi) is 7.02. The van der Waals surface area contributed by atoms with Crippen LogP contribution in [0, 0.1) is 0 Å². The molecule has 0 atom stereocenters. The van der Waals surface area contributed by atoms with Crippen LogP contribution in [0.2, 0.25) is 0 Å². The van der Waals surface area contributed by atoms with Gasteiger partial charge in [-0.25, -0.2) is 14.6 Å². The number of nitrogens with one attached hydrogen (secondary N) is 4. The Morgan fingerprint density at radius 3 is 2.54 bits per heavy atom. The molecule has 200 valence electrons. The summed E-state index contributed by atoms with van der Waals surface area (Å²) in [5.74, 6) is 0.727. The van der Waals surface area contributed by atoms with Crippen molar-refractivity contribution in [3.63, 3.8) is 0 Å². The highest BCUT2D eigenvalue weighted by atomic mass is 16.4. The number of fused-ring (bicyclic) bond motifs is 3. The first-order valence-corrected chi connectivity index (χ1v) is 11.9. The number of rotatable bonds is 9. The van der Waals surface area contributed by atoms with Crippen LogP contribution in [0.15, 0.2) is 53.3 Å². The molecule has 4 heterocycles. The van der Waals surface area contributed by atoms with Crippen molar-refractivity contribution in [3.05, 3.63) is 54.4 Å². The average Bonchev–Trinajstić information content (AvgIpc) is 3.64. The SMILES string of the molecule is Cn1cc2c(nc(NC(=O)Nc3ccc(CC(=O)NCCCNC(=O)O)cc3)n3nc(-c4ccco4)nc23)n1. The van der Waals surface area contributed by atoms with Gasteiger partial charge in [0.25, 0.3) is 0 Å². The Labute approximate surface area is 220 Å². The maximum absolute atomic E-state index is 12.8. The molecule has 39 heavy (non-hydrogen) atoms. The van der Waals surface area contributed by atoms with Gasteiger partial charge in [0.15, 0.2) is 17.1 Å². The van der Waals surface area contributed by atoms with E-state index in [1.54, 1.807) is 54.3 Å². The van der Waals surface area contributed by atoms with E-state index in [0.717, 1.165) is 5.56 Å². The minimum atomic E-state index is -1.10. The van der Waals surface area contributed by atoms with Gasteiger partial charge in [-0.2, -0.15) is 14.6 Å². The van der Waals surface area contributed by atoms with Crippen molar-refractivity contribution in [1.29, 1.82) is 0 Å². The Bertz CT molecular complexity index is 1640. The number of anilines is 2. The molecule has 4 aromatic heterocycles. The lowest BCUT2D eigenvalue weighted by Crippen LogP contribution is -2.29. The van der Waals surface area contributed by atoms with E-state index in [4.69, 9.17) is 9.52 Å². The van der Waals surface area contributed by atoms with Crippen LogP contribution in [-0.4, -0.2) is 65.6 Å². The molecule has 0 aliphatic heterocycles. The monoisotopic (exact) mass is 532 g/mol. The minimum absolute atomic E-state index is 0.117. The second kappa shape index (κ2) is 10.9. The standard InChI is InChI=1S/C24H24N10O5/c1-33-13-16-19(31-33)29-22(34-21(16)28-20(32-34)17-4-2-11-39-17)30-23(36)27-15-7-5-14(6-8-15)12-18(35)25-9-3-10-26-24(37)38/h2,4-8,11,13,26H,3,9-10,12H2,1H3,(H,25,35)(H,37,38)(H2,27,29,30,31,36). The number of carbonyl (C=O) groups is 3. The van der Waals surface area contributed by atoms with E-state index >= 15 is 0 Å². The summed E-state index contributed by atoms with van der Waals surface area (Å²) >= 11 is 0. The number of amides is 4. The molecule has 0 aliphatic rings. The maximum Gasteiger partial charge on any atom is 0.404 e. The van der Waals surface area contributed by atoms with E-state index in [1.807, 2.05) is 0 Å². The van der Waals surface area contributed by atoms with Gasteiger partial charge < -0.3 is 25.5 Å². The van der Waals surface area contributed by atoms with Crippen LogP contribution in [0.5, 0.6) is 0 Å². The van der Waals surface area contributed by atoms with E-state index < -0.39 is 12.1 Å². The van der Waals surface area contributed by atoms with Gasteiger partial charge >= 0.3 is 12.1 Å². The molecule has 15 heteroatoms. The third-order valence-electron chi connectivity index (χ3n) is 5.57. The fourth-order valence-corrected chi connectivity index (χ4v) is 3.82. The highest BCUT2D eigenvalue weighted by Crippen LogP contribution is 2.24. The number of hydrogen-bond acceptors (Lipinski definition) is 8. The maximum atomic E-state index is 12.8. The third-order valence-corrected chi connectivity index (χ3v) is 5.57. The number of carboxylic acid groups (broad SMARTS) is 1. The third kappa shape index (κ3) is 5.93. The van der Waals surface area contributed by atoms with Gasteiger partial charge in [-0.05, 0) is 36.2 Å². The molecule has 0 spiro atoms. The van der Waals surface area contributed by atoms with Crippen LogP contribution in [-0.2, 0) is 18.3 Å². The number of urea groups is 1. The number of hydrogen-bond donors (Lipinski definition) is 5. The first kappa shape index (κ1) is 25.2. The predicted octanol–water partition coefficient (Wildman–Crippen LogP) is 2.23. The summed E-state index contributed by atoms with van der Waals surface area (Å²) < 4.78 is 8.43. The van der Waals surface area contributed by atoms with Gasteiger partial charge in [0, 0.05) is 32.0 Å². The number of nitrogens with zero attached hydrogens (tertiary/aromatic N) is 6. The zero-order chi connectivity index (χ0) is 27.4. The summed E-state index contributed by atoms with van der Waals surface area (Å²) in [6.45, 7) is 0.621. The summed E-state index contributed by atoms with van der Waals surface area (Å²) in [7, 11) is 1.76. The number of aromatic nitrogens is 6. The number of carbonyl (C=O) groups excluding carboxylic acids is 2. The largest absolute Gasteiger partial charge is 0.465 e. The van der Waals surface area contributed by atoms with Crippen LogP contribution in [0.1, 0.15) is 12.0 Å². The fraction of sp³-hybridized carbons (Fsp3) is 0.208.